The van der Waals surface area contributed by atoms with Gasteiger partial charge in [0.25, 0.3) is 0 Å². The van der Waals surface area contributed by atoms with Crippen LogP contribution in [0.15, 0.2) is 53.4 Å². The molecule has 0 aliphatic carbocycles. The average molecular weight is 316 g/mol. The lowest BCUT2D eigenvalue weighted by atomic mass is 10.3. The predicted octanol–water partition coefficient (Wildman–Crippen LogP) is 1.83. The minimum atomic E-state index is -3.76. The highest BCUT2D eigenvalue weighted by Gasteiger charge is 2.14. The number of benzene rings is 2. The fourth-order valence-corrected chi connectivity index (χ4v) is 3.10. The minimum absolute atomic E-state index is 0.0776. The zero-order valence-electron chi connectivity index (χ0n) is 12.0. The number of sulfonamides is 1. The van der Waals surface area contributed by atoms with Crippen LogP contribution in [0.25, 0.3) is 11.0 Å². The Morgan fingerprint density at radius 1 is 1.14 bits per heavy atom. The van der Waals surface area contributed by atoms with Crippen molar-refractivity contribution in [2.45, 2.75) is 11.4 Å². The first kappa shape index (κ1) is 14.6. The second-order valence-corrected chi connectivity index (χ2v) is 6.50. The molecule has 114 valence electrons. The van der Waals surface area contributed by atoms with Crippen LogP contribution in [0, 0.1) is 0 Å². The van der Waals surface area contributed by atoms with Crippen LogP contribution < -0.4 is 10.5 Å². The van der Waals surface area contributed by atoms with Crippen LogP contribution in [-0.4, -0.2) is 18.0 Å². The molecule has 7 heteroatoms. The summed E-state index contributed by atoms with van der Waals surface area (Å²) in [5.41, 5.74) is 2.40. The van der Waals surface area contributed by atoms with Gasteiger partial charge in [-0.05, 0) is 24.3 Å². The number of nitrogens with one attached hydrogen (secondary N) is 1. The highest BCUT2D eigenvalue weighted by molar-refractivity contribution is 7.89. The molecule has 1 heterocycles. The van der Waals surface area contributed by atoms with Crippen LogP contribution >= 0.6 is 0 Å². The van der Waals surface area contributed by atoms with Crippen molar-refractivity contribution in [3.8, 4) is 0 Å². The second-order valence-electron chi connectivity index (χ2n) is 4.97. The summed E-state index contributed by atoms with van der Waals surface area (Å²) < 4.78 is 25.2. The molecular weight excluding hydrogens is 300 g/mol. The first-order valence-corrected chi connectivity index (χ1v) is 8.27. The number of nitrogens with two attached hydrogens (primary N) is 1. The van der Waals surface area contributed by atoms with Crippen molar-refractivity contribution in [1.82, 2.24) is 9.55 Å². The van der Waals surface area contributed by atoms with Gasteiger partial charge in [-0.2, -0.15) is 0 Å². The van der Waals surface area contributed by atoms with Crippen LogP contribution in [0.1, 0.15) is 5.82 Å². The molecule has 0 aliphatic heterocycles. The van der Waals surface area contributed by atoms with Gasteiger partial charge in [0.2, 0.25) is 10.0 Å². The number of para-hydroxylation sites is 3. The summed E-state index contributed by atoms with van der Waals surface area (Å²) in [6.07, 6.45) is 0. The molecular formula is C15H16N4O2S. The van der Waals surface area contributed by atoms with E-state index in [1.54, 1.807) is 18.2 Å². The van der Waals surface area contributed by atoms with E-state index >= 15 is 0 Å². The number of anilines is 1. The Hall–Kier alpha value is -2.38. The largest absolute Gasteiger partial charge is 0.377 e. The van der Waals surface area contributed by atoms with Gasteiger partial charge in [0, 0.05) is 7.05 Å². The van der Waals surface area contributed by atoms with Crippen molar-refractivity contribution < 1.29 is 8.42 Å². The van der Waals surface area contributed by atoms with Gasteiger partial charge < -0.3 is 9.88 Å². The van der Waals surface area contributed by atoms with Crippen molar-refractivity contribution in [2.24, 2.45) is 12.2 Å². The van der Waals surface area contributed by atoms with Crippen molar-refractivity contribution in [3.63, 3.8) is 0 Å². The molecule has 0 unspecified atom stereocenters. The number of rotatable bonds is 4. The molecule has 0 saturated heterocycles. The van der Waals surface area contributed by atoms with E-state index < -0.39 is 10.0 Å². The Labute approximate surface area is 128 Å². The van der Waals surface area contributed by atoms with Crippen LogP contribution in [-0.2, 0) is 23.6 Å². The normalized spacial score (nSPS) is 11.7. The van der Waals surface area contributed by atoms with E-state index in [-0.39, 0.29) is 4.90 Å². The third kappa shape index (κ3) is 2.68. The highest BCUT2D eigenvalue weighted by atomic mass is 32.2. The molecule has 2 aromatic carbocycles. The molecule has 6 nitrogen and oxygen atoms in total. The number of hydrogen-bond acceptors (Lipinski definition) is 4. The number of nitrogens with zero attached hydrogens (tertiary/aromatic N) is 2. The smallest absolute Gasteiger partial charge is 0.240 e. The molecule has 3 N–H and O–H groups in total. The van der Waals surface area contributed by atoms with Gasteiger partial charge in [0.15, 0.2) is 0 Å². The van der Waals surface area contributed by atoms with Gasteiger partial charge in [0.05, 0.1) is 23.3 Å². The number of hydrogen-bond donors (Lipinski definition) is 2. The molecule has 0 amide bonds. The van der Waals surface area contributed by atoms with Crippen molar-refractivity contribution in [3.05, 3.63) is 54.4 Å². The summed E-state index contributed by atoms with van der Waals surface area (Å²) in [4.78, 5) is 4.62. The average Bonchev–Trinajstić information content (AvgIpc) is 2.81. The quantitative estimate of drug-likeness (QED) is 0.768. The van der Waals surface area contributed by atoms with E-state index in [0.717, 1.165) is 16.9 Å². The van der Waals surface area contributed by atoms with E-state index in [2.05, 4.69) is 10.3 Å². The Morgan fingerprint density at radius 2 is 1.82 bits per heavy atom. The van der Waals surface area contributed by atoms with Gasteiger partial charge in [0.1, 0.15) is 10.7 Å². The summed E-state index contributed by atoms with van der Waals surface area (Å²) in [5.74, 6) is 0.811. The Morgan fingerprint density at radius 3 is 2.55 bits per heavy atom. The second kappa shape index (κ2) is 5.43. The molecule has 0 bridgehead atoms. The van der Waals surface area contributed by atoms with Crippen molar-refractivity contribution in [1.29, 1.82) is 0 Å². The van der Waals surface area contributed by atoms with E-state index in [4.69, 9.17) is 5.14 Å². The number of primary sulfonamides is 1. The third-order valence-corrected chi connectivity index (χ3v) is 4.48. The molecule has 22 heavy (non-hydrogen) atoms. The highest BCUT2D eigenvalue weighted by Crippen LogP contribution is 2.21. The van der Waals surface area contributed by atoms with Gasteiger partial charge in [-0.1, -0.05) is 24.3 Å². The zero-order valence-corrected chi connectivity index (χ0v) is 12.8. The van der Waals surface area contributed by atoms with E-state index in [9.17, 15) is 8.42 Å². The fraction of sp³-hybridized carbons (Fsp3) is 0.133. The number of imidazole rings is 1. The molecule has 3 aromatic rings. The summed E-state index contributed by atoms with van der Waals surface area (Å²) in [7, 11) is -1.83. The monoisotopic (exact) mass is 316 g/mol. The maximum atomic E-state index is 11.6. The SMILES string of the molecule is Cn1c(CNc2ccccc2S(N)(=O)=O)nc2ccccc21. The maximum Gasteiger partial charge on any atom is 0.240 e. The minimum Gasteiger partial charge on any atom is -0.377 e. The van der Waals surface area contributed by atoms with Crippen LogP contribution in [0.2, 0.25) is 0 Å². The first-order valence-electron chi connectivity index (χ1n) is 6.73. The Kier molecular flexibility index (Phi) is 3.59. The van der Waals surface area contributed by atoms with Gasteiger partial charge >= 0.3 is 0 Å². The van der Waals surface area contributed by atoms with Crippen LogP contribution in [0.3, 0.4) is 0 Å². The molecule has 0 atom stereocenters. The molecule has 3 rings (SSSR count). The summed E-state index contributed by atoms with van der Waals surface area (Å²) in [5, 5.41) is 8.32. The van der Waals surface area contributed by atoms with Crippen LogP contribution in [0.4, 0.5) is 5.69 Å². The first-order chi connectivity index (χ1) is 10.5. The Bertz CT molecular complexity index is 932. The molecule has 0 spiro atoms. The van der Waals surface area contributed by atoms with Gasteiger partial charge in [-0.15, -0.1) is 0 Å². The van der Waals surface area contributed by atoms with Crippen LogP contribution in [0.5, 0.6) is 0 Å². The van der Waals surface area contributed by atoms with Gasteiger partial charge in [-0.25, -0.2) is 18.5 Å². The third-order valence-electron chi connectivity index (χ3n) is 3.51. The summed E-state index contributed by atoms with van der Waals surface area (Å²) in [6, 6.07) is 14.4. The molecule has 0 radical (unpaired) electrons. The van der Waals surface area contributed by atoms with E-state index in [0.29, 0.717) is 12.2 Å². The molecule has 0 aliphatic rings. The molecule has 0 saturated carbocycles. The fourth-order valence-electron chi connectivity index (χ4n) is 2.39. The standard InChI is InChI=1S/C15H16N4O2S/c1-19-13-8-4-2-6-11(13)18-15(19)10-17-12-7-3-5-9-14(12)22(16,20)21/h2-9,17H,10H2,1H3,(H2,16,20,21). The number of fused-ring (bicyclic) bond motifs is 1. The number of aryl methyl sites for hydroxylation is 1. The maximum absolute atomic E-state index is 11.6. The Balaban J connectivity index is 1.91. The van der Waals surface area contributed by atoms with E-state index in [1.807, 2.05) is 35.9 Å². The predicted molar refractivity (Wildman–Crippen MR) is 85.9 cm³/mol. The summed E-state index contributed by atoms with van der Waals surface area (Å²) >= 11 is 0. The number of aromatic nitrogens is 2. The summed E-state index contributed by atoms with van der Waals surface area (Å²) in [6.45, 7) is 0.401. The van der Waals surface area contributed by atoms with Crippen molar-refractivity contribution >= 4 is 26.7 Å². The van der Waals surface area contributed by atoms with Crippen molar-refractivity contribution in [2.75, 3.05) is 5.32 Å². The lowest BCUT2D eigenvalue weighted by Crippen LogP contribution is -2.15. The topological polar surface area (TPSA) is 90.0 Å². The van der Waals surface area contributed by atoms with Gasteiger partial charge in [-0.3, -0.25) is 0 Å². The molecule has 0 fully saturated rings. The lowest BCUT2D eigenvalue weighted by molar-refractivity contribution is 0.598. The zero-order chi connectivity index (χ0) is 15.7. The van der Waals surface area contributed by atoms with E-state index in [1.165, 1.54) is 6.07 Å². The lowest BCUT2D eigenvalue weighted by Gasteiger charge is -2.10. The molecule has 1 aromatic heterocycles.